The summed E-state index contributed by atoms with van der Waals surface area (Å²) in [5, 5.41) is 34.7. The topological polar surface area (TPSA) is 136 Å². The highest BCUT2D eigenvalue weighted by molar-refractivity contribution is 6.11. The quantitative estimate of drug-likeness (QED) is 0.502. The van der Waals surface area contributed by atoms with Gasteiger partial charge in [0.25, 0.3) is 0 Å². The van der Waals surface area contributed by atoms with Crippen molar-refractivity contribution in [1.29, 1.82) is 10.5 Å². The first-order valence-corrected chi connectivity index (χ1v) is 10.8. The fourth-order valence-electron chi connectivity index (χ4n) is 3.67. The summed E-state index contributed by atoms with van der Waals surface area (Å²) < 4.78 is 5.76. The van der Waals surface area contributed by atoms with Gasteiger partial charge in [-0.15, -0.1) is 0 Å². The third-order valence-corrected chi connectivity index (χ3v) is 5.46. The Morgan fingerprint density at radius 2 is 1.83 bits per heavy atom. The Kier molecular flexibility index (Phi) is 6.87. The highest BCUT2D eigenvalue weighted by Gasteiger charge is 2.37. The van der Waals surface area contributed by atoms with Gasteiger partial charge in [-0.3, -0.25) is 0 Å². The minimum atomic E-state index is -0.991. The average Bonchev–Trinajstić information content (AvgIpc) is 3.23. The highest BCUT2D eigenvalue weighted by atomic mass is 16.5. The molecule has 35 heavy (non-hydrogen) atoms. The Morgan fingerprint density at radius 3 is 2.49 bits per heavy atom. The Hall–Kier alpha value is -4.92. The molecule has 1 aliphatic heterocycles. The molecule has 0 saturated carbocycles. The van der Waals surface area contributed by atoms with E-state index in [1.54, 1.807) is 53.5 Å². The summed E-state index contributed by atoms with van der Waals surface area (Å²) in [6, 6.07) is 27.2. The van der Waals surface area contributed by atoms with Crippen LogP contribution in [0, 0.1) is 28.6 Å². The van der Waals surface area contributed by atoms with E-state index in [1.807, 2.05) is 30.3 Å². The van der Waals surface area contributed by atoms with E-state index < -0.39 is 18.1 Å². The average molecular weight is 463 g/mol. The van der Waals surface area contributed by atoms with E-state index in [4.69, 9.17) is 15.6 Å². The number of aromatic carboxylic acids is 1. The summed E-state index contributed by atoms with van der Waals surface area (Å²) in [5.41, 5.74) is 9.26. The van der Waals surface area contributed by atoms with Gasteiger partial charge < -0.3 is 15.6 Å². The first-order chi connectivity index (χ1) is 17.0. The summed E-state index contributed by atoms with van der Waals surface area (Å²) in [7, 11) is 0. The van der Waals surface area contributed by atoms with Gasteiger partial charge in [-0.1, -0.05) is 42.5 Å². The molecule has 1 heterocycles. The van der Waals surface area contributed by atoms with Crippen LogP contribution in [0.2, 0.25) is 0 Å². The molecule has 8 heteroatoms. The first-order valence-electron chi connectivity index (χ1n) is 10.8. The van der Waals surface area contributed by atoms with E-state index in [9.17, 15) is 15.3 Å². The smallest absolute Gasteiger partial charge is 0.335 e. The molecule has 3 aromatic rings. The van der Waals surface area contributed by atoms with Gasteiger partial charge >= 0.3 is 5.97 Å². The summed E-state index contributed by atoms with van der Waals surface area (Å²) in [6.45, 7) is 0.216. The number of carbonyl (C=O) groups is 1. The number of para-hydroxylation sites is 1. The third kappa shape index (κ3) is 5.19. The number of rotatable bonds is 7. The summed E-state index contributed by atoms with van der Waals surface area (Å²) in [4.78, 5) is 11.1. The number of hydrogen-bond donors (Lipinski definition) is 2. The molecule has 0 aliphatic carbocycles. The summed E-state index contributed by atoms with van der Waals surface area (Å²) in [6.07, 6.45) is 0.953. The monoisotopic (exact) mass is 463 g/mol. The van der Waals surface area contributed by atoms with Crippen molar-refractivity contribution in [2.75, 3.05) is 5.01 Å². The zero-order valence-electron chi connectivity index (χ0n) is 18.6. The number of carboxylic acid groups (broad SMARTS) is 1. The van der Waals surface area contributed by atoms with Crippen LogP contribution in [0.4, 0.5) is 5.69 Å². The fraction of sp³-hybridized carbons (Fsp3) is 0.111. The first kappa shape index (κ1) is 23.2. The summed E-state index contributed by atoms with van der Waals surface area (Å²) in [5.74, 6) is -1.16. The lowest BCUT2D eigenvalue weighted by Crippen LogP contribution is -2.40. The van der Waals surface area contributed by atoms with E-state index in [0.717, 1.165) is 16.8 Å². The number of hydrazone groups is 1. The molecule has 0 radical (unpaired) electrons. The normalized spacial score (nSPS) is 17.3. The van der Waals surface area contributed by atoms with Crippen molar-refractivity contribution < 1.29 is 14.6 Å². The third-order valence-electron chi connectivity index (χ3n) is 5.46. The molecule has 0 amide bonds. The Labute approximate surface area is 202 Å². The lowest BCUT2D eigenvalue weighted by molar-refractivity contribution is 0.0696. The maximum atomic E-state index is 11.1. The molecule has 0 spiro atoms. The molecule has 0 unspecified atom stereocenters. The van der Waals surface area contributed by atoms with Gasteiger partial charge in [0.1, 0.15) is 30.5 Å². The molecule has 2 atom stereocenters. The van der Waals surface area contributed by atoms with Gasteiger partial charge in [0, 0.05) is 0 Å². The number of hydrogen-bond acceptors (Lipinski definition) is 7. The molecule has 3 N–H and O–H groups in total. The second kappa shape index (κ2) is 10.3. The van der Waals surface area contributed by atoms with Crippen LogP contribution in [0.25, 0.3) is 6.08 Å². The van der Waals surface area contributed by atoms with Crippen molar-refractivity contribution in [3.8, 4) is 17.9 Å². The van der Waals surface area contributed by atoms with E-state index in [-0.39, 0.29) is 17.7 Å². The molecule has 0 bridgehead atoms. The van der Waals surface area contributed by atoms with Crippen LogP contribution in [-0.4, -0.2) is 23.0 Å². The molecule has 8 nitrogen and oxygen atoms in total. The SMILES string of the molecule is N#C/C(=C/c1ccc(OCc2cccc(C(=O)O)c2)cc1)C1=NN(c2ccccc2)[C@H](N)[C@@H]1C#N. The van der Waals surface area contributed by atoms with Gasteiger partial charge in [-0.25, -0.2) is 9.80 Å². The van der Waals surface area contributed by atoms with E-state index in [2.05, 4.69) is 17.2 Å². The van der Waals surface area contributed by atoms with Crippen LogP contribution in [0.1, 0.15) is 21.5 Å². The second-order valence-electron chi connectivity index (χ2n) is 7.80. The summed E-state index contributed by atoms with van der Waals surface area (Å²) >= 11 is 0. The number of nitriles is 2. The minimum Gasteiger partial charge on any atom is -0.489 e. The number of nitrogens with zero attached hydrogens (tertiary/aromatic N) is 4. The molecular formula is C27H21N5O3. The number of benzene rings is 3. The van der Waals surface area contributed by atoms with Crippen molar-refractivity contribution >= 4 is 23.4 Å². The maximum Gasteiger partial charge on any atom is 0.335 e. The molecule has 3 aromatic carbocycles. The number of anilines is 1. The Morgan fingerprint density at radius 1 is 1.09 bits per heavy atom. The second-order valence-corrected chi connectivity index (χ2v) is 7.80. The van der Waals surface area contributed by atoms with Crippen molar-refractivity contribution in [2.24, 2.45) is 16.8 Å². The van der Waals surface area contributed by atoms with Crippen molar-refractivity contribution in [3.63, 3.8) is 0 Å². The Balaban J connectivity index is 1.51. The number of ether oxygens (including phenoxy) is 1. The van der Waals surface area contributed by atoms with Crippen molar-refractivity contribution in [1.82, 2.24) is 0 Å². The number of carboxylic acids is 1. The van der Waals surface area contributed by atoms with Crippen LogP contribution in [-0.2, 0) is 6.61 Å². The van der Waals surface area contributed by atoms with Crippen LogP contribution in [0.15, 0.2) is 89.5 Å². The molecule has 4 rings (SSSR count). The van der Waals surface area contributed by atoms with Crippen LogP contribution >= 0.6 is 0 Å². The molecule has 172 valence electrons. The lowest BCUT2D eigenvalue weighted by atomic mass is 9.95. The maximum absolute atomic E-state index is 11.1. The van der Waals surface area contributed by atoms with Crippen molar-refractivity contribution in [3.05, 3.63) is 101 Å². The van der Waals surface area contributed by atoms with Crippen LogP contribution in [0.3, 0.4) is 0 Å². The zero-order valence-corrected chi connectivity index (χ0v) is 18.6. The Bertz CT molecular complexity index is 1370. The van der Waals surface area contributed by atoms with Crippen LogP contribution < -0.4 is 15.5 Å². The minimum absolute atomic E-state index is 0.201. The van der Waals surface area contributed by atoms with Gasteiger partial charge in [0.15, 0.2) is 0 Å². The van der Waals surface area contributed by atoms with E-state index >= 15 is 0 Å². The molecule has 0 aromatic heterocycles. The number of allylic oxidation sites excluding steroid dienone is 1. The lowest BCUT2D eigenvalue weighted by Gasteiger charge is -2.21. The highest BCUT2D eigenvalue weighted by Crippen LogP contribution is 2.29. The van der Waals surface area contributed by atoms with E-state index in [0.29, 0.717) is 11.5 Å². The van der Waals surface area contributed by atoms with Gasteiger partial charge in [-0.2, -0.15) is 15.6 Å². The fourth-order valence-corrected chi connectivity index (χ4v) is 3.67. The largest absolute Gasteiger partial charge is 0.489 e. The standard InChI is InChI=1S/C27H21N5O3/c28-15-21(25-24(16-29)26(30)32(31-25)22-7-2-1-3-8-22)13-18-9-11-23(12-10-18)35-17-19-5-4-6-20(14-19)27(33)34/h1-14,24,26H,17,30H2,(H,33,34)/b21-13-/t24-,26+/m1/s1. The molecular weight excluding hydrogens is 442 g/mol. The van der Waals surface area contributed by atoms with Crippen LogP contribution in [0.5, 0.6) is 5.75 Å². The molecule has 0 saturated heterocycles. The predicted molar refractivity (Wildman–Crippen MR) is 131 cm³/mol. The predicted octanol–water partition coefficient (Wildman–Crippen LogP) is 4.17. The van der Waals surface area contributed by atoms with Gasteiger partial charge in [-0.05, 0) is 53.6 Å². The van der Waals surface area contributed by atoms with Crippen molar-refractivity contribution in [2.45, 2.75) is 12.8 Å². The van der Waals surface area contributed by atoms with Gasteiger partial charge in [0.05, 0.1) is 28.6 Å². The zero-order chi connectivity index (χ0) is 24.8. The van der Waals surface area contributed by atoms with E-state index in [1.165, 1.54) is 6.07 Å². The number of nitrogens with two attached hydrogens (primary N) is 1. The molecule has 1 aliphatic rings. The van der Waals surface area contributed by atoms with Gasteiger partial charge in [0.2, 0.25) is 0 Å². The molecule has 0 fully saturated rings.